The van der Waals surface area contributed by atoms with Gasteiger partial charge < -0.3 is 0 Å². The van der Waals surface area contributed by atoms with Crippen LogP contribution in [0, 0.1) is 6.92 Å². The van der Waals surface area contributed by atoms with Crippen LogP contribution in [0.25, 0.3) is 0 Å². The van der Waals surface area contributed by atoms with Crippen molar-refractivity contribution in [2.75, 3.05) is 0 Å². The van der Waals surface area contributed by atoms with E-state index in [1.165, 1.54) is 9.91 Å². The van der Waals surface area contributed by atoms with Gasteiger partial charge in [-0.1, -0.05) is 42.0 Å². The number of amides is 3. The van der Waals surface area contributed by atoms with E-state index in [2.05, 4.69) is 5.43 Å². The molecule has 3 amide bonds. The molecule has 2 heterocycles. The molecule has 2 unspecified atom stereocenters. The molecule has 0 radical (unpaired) electrons. The van der Waals surface area contributed by atoms with Crippen LogP contribution < -0.4 is 5.43 Å². The maximum absolute atomic E-state index is 12.6. The highest BCUT2D eigenvalue weighted by molar-refractivity contribution is 6.09. The summed E-state index contributed by atoms with van der Waals surface area (Å²) in [6.07, 6.45) is 4.49. The molecule has 5 nitrogen and oxygen atoms in total. The number of urea groups is 1. The monoisotopic (exact) mass is 269 g/mol. The number of hydrazine groups is 1. The number of aryl methyl sites for hydroxylation is 1. The van der Waals surface area contributed by atoms with E-state index >= 15 is 0 Å². The Bertz CT molecular complexity index is 637. The molecule has 4 rings (SSSR count). The Morgan fingerprint density at radius 1 is 1.30 bits per heavy atom. The summed E-state index contributed by atoms with van der Waals surface area (Å²) in [4.78, 5) is 26.3. The predicted molar refractivity (Wildman–Crippen MR) is 72.4 cm³/mol. The molecule has 0 aromatic heterocycles. The SMILES string of the molecule is Cc1ccc(CN2C(=O)N3NC4C=CC3(C4)C2=O)cc1. The topological polar surface area (TPSA) is 52.7 Å². The zero-order valence-electron chi connectivity index (χ0n) is 11.2. The Hall–Kier alpha value is -2.14. The zero-order chi connectivity index (χ0) is 13.9. The lowest BCUT2D eigenvalue weighted by Crippen LogP contribution is -2.48. The maximum atomic E-state index is 12.6. The molecule has 2 bridgehead atoms. The van der Waals surface area contributed by atoms with Crippen molar-refractivity contribution in [3.8, 4) is 0 Å². The van der Waals surface area contributed by atoms with Gasteiger partial charge in [0.1, 0.15) is 0 Å². The van der Waals surface area contributed by atoms with Crippen LogP contribution >= 0.6 is 0 Å². The molecule has 20 heavy (non-hydrogen) atoms. The van der Waals surface area contributed by atoms with E-state index in [1.54, 1.807) is 0 Å². The van der Waals surface area contributed by atoms with Crippen molar-refractivity contribution in [3.05, 3.63) is 47.5 Å². The molecule has 1 aromatic rings. The fourth-order valence-corrected chi connectivity index (χ4v) is 3.22. The lowest BCUT2D eigenvalue weighted by atomic mass is 9.99. The summed E-state index contributed by atoms with van der Waals surface area (Å²) in [5.41, 5.74) is 4.44. The van der Waals surface area contributed by atoms with Gasteiger partial charge in [0.15, 0.2) is 5.54 Å². The molecule has 0 saturated carbocycles. The molecule has 2 saturated heterocycles. The number of benzene rings is 1. The standard InChI is InChI=1S/C15H15N3O2/c1-10-2-4-11(5-3-10)9-17-13(19)15-7-6-12(8-15)16-18(15)14(17)20/h2-7,12,16H,8-9H2,1H3. The predicted octanol–water partition coefficient (Wildman–Crippen LogP) is 1.34. The van der Waals surface area contributed by atoms with Crippen LogP contribution in [0.3, 0.4) is 0 Å². The Morgan fingerprint density at radius 3 is 2.70 bits per heavy atom. The minimum atomic E-state index is -0.771. The summed E-state index contributed by atoms with van der Waals surface area (Å²) in [5.74, 6) is -0.119. The third-order valence-corrected chi connectivity index (χ3v) is 4.33. The Kier molecular flexibility index (Phi) is 2.16. The average molecular weight is 269 g/mol. The number of hydrogen-bond acceptors (Lipinski definition) is 3. The van der Waals surface area contributed by atoms with Gasteiger partial charge in [0.2, 0.25) is 0 Å². The third-order valence-electron chi connectivity index (χ3n) is 4.33. The van der Waals surface area contributed by atoms with Crippen molar-refractivity contribution in [1.82, 2.24) is 15.3 Å². The van der Waals surface area contributed by atoms with Gasteiger partial charge in [-0.05, 0) is 12.5 Å². The van der Waals surface area contributed by atoms with Crippen molar-refractivity contribution in [3.63, 3.8) is 0 Å². The van der Waals surface area contributed by atoms with Crippen molar-refractivity contribution < 1.29 is 9.59 Å². The second-order valence-corrected chi connectivity index (χ2v) is 5.72. The van der Waals surface area contributed by atoms with E-state index in [0.29, 0.717) is 13.0 Å². The van der Waals surface area contributed by atoms with Crippen molar-refractivity contribution in [1.29, 1.82) is 0 Å². The molecule has 1 aliphatic carbocycles. The molecule has 5 heteroatoms. The highest BCUT2D eigenvalue weighted by atomic mass is 16.2. The van der Waals surface area contributed by atoms with Crippen LogP contribution in [-0.2, 0) is 11.3 Å². The lowest BCUT2D eigenvalue weighted by Gasteiger charge is -2.23. The fourth-order valence-electron chi connectivity index (χ4n) is 3.22. The summed E-state index contributed by atoms with van der Waals surface area (Å²) >= 11 is 0. The molecule has 1 spiro atoms. The molecule has 2 fully saturated rings. The summed E-state index contributed by atoms with van der Waals surface area (Å²) in [6, 6.07) is 7.76. The lowest BCUT2D eigenvalue weighted by molar-refractivity contribution is -0.131. The first-order chi connectivity index (χ1) is 9.60. The van der Waals surface area contributed by atoms with Crippen molar-refractivity contribution in [2.45, 2.75) is 31.5 Å². The van der Waals surface area contributed by atoms with Gasteiger partial charge in [0, 0.05) is 12.5 Å². The van der Waals surface area contributed by atoms with Gasteiger partial charge in [0.05, 0.1) is 6.54 Å². The fraction of sp³-hybridized carbons (Fsp3) is 0.333. The van der Waals surface area contributed by atoms with Gasteiger partial charge in [0.25, 0.3) is 5.91 Å². The number of hydrogen-bond donors (Lipinski definition) is 1. The van der Waals surface area contributed by atoms with Crippen LogP contribution in [0.1, 0.15) is 17.5 Å². The van der Waals surface area contributed by atoms with E-state index < -0.39 is 5.54 Å². The highest BCUT2D eigenvalue weighted by Crippen LogP contribution is 2.42. The second kappa shape index (κ2) is 3.70. The second-order valence-electron chi connectivity index (χ2n) is 5.72. The third kappa shape index (κ3) is 1.35. The maximum Gasteiger partial charge on any atom is 0.342 e. The minimum absolute atomic E-state index is 0.115. The largest absolute Gasteiger partial charge is 0.342 e. The number of nitrogens with zero attached hydrogens (tertiary/aromatic N) is 2. The van der Waals surface area contributed by atoms with Gasteiger partial charge in [-0.15, -0.1) is 0 Å². The summed E-state index contributed by atoms with van der Waals surface area (Å²) in [5, 5.41) is 1.49. The molecular formula is C15H15N3O2. The first-order valence-corrected chi connectivity index (χ1v) is 6.77. The van der Waals surface area contributed by atoms with E-state index in [0.717, 1.165) is 11.1 Å². The first-order valence-electron chi connectivity index (χ1n) is 6.77. The summed E-state index contributed by atoms with van der Waals surface area (Å²) in [7, 11) is 0. The first kappa shape index (κ1) is 11.7. The van der Waals surface area contributed by atoms with E-state index in [9.17, 15) is 9.59 Å². The van der Waals surface area contributed by atoms with Gasteiger partial charge in [-0.2, -0.15) is 0 Å². The molecule has 3 aliphatic rings. The number of rotatable bonds is 2. The zero-order valence-corrected chi connectivity index (χ0v) is 11.2. The average Bonchev–Trinajstić information content (AvgIpc) is 3.08. The summed E-state index contributed by atoms with van der Waals surface area (Å²) < 4.78 is 0. The molecule has 2 aliphatic heterocycles. The molecule has 1 aromatic carbocycles. The van der Waals surface area contributed by atoms with Crippen LogP contribution in [0.15, 0.2) is 36.4 Å². The summed E-state index contributed by atoms with van der Waals surface area (Å²) in [6.45, 7) is 2.34. The van der Waals surface area contributed by atoms with Crippen LogP contribution in [0.2, 0.25) is 0 Å². The number of fused-ring (bicyclic) bond motifs is 1. The molecule has 102 valence electrons. The van der Waals surface area contributed by atoms with Gasteiger partial charge in [-0.3, -0.25) is 9.69 Å². The van der Waals surface area contributed by atoms with E-state index in [4.69, 9.17) is 0 Å². The van der Waals surface area contributed by atoms with Crippen LogP contribution in [0.5, 0.6) is 0 Å². The van der Waals surface area contributed by atoms with Crippen molar-refractivity contribution >= 4 is 11.9 Å². The van der Waals surface area contributed by atoms with Gasteiger partial charge >= 0.3 is 6.03 Å². The van der Waals surface area contributed by atoms with Crippen LogP contribution in [0.4, 0.5) is 4.79 Å². The van der Waals surface area contributed by atoms with E-state index in [1.807, 2.05) is 43.3 Å². The van der Waals surface area contributed by atoms with Gasteiger partial charge in [-0.25, -0.2) is 15.2 Å². The van der Waals surface area contributed by atoms with E-state index in [-0.39, 0.29) is 18.0 Å². The normalized spacial score (nSPS) is 30.6. The van der Waals surface area contributed by atoms with Crippen molar-refractivity contribution in [2.24, 2.45) is 0 Å². The Labute approximate surface area is 116 Å². The molecule has 1 N–H and O–H groups in total. The number of nitrogens with one attached hydrogen (secondary N) is 1. The number of carbonyl (C=O) groups excluding carboxylic acids is 2. The molecule has 2 atom stereocenters. The highest BCUT2D eigenvalue weighted by Gasteiger charge is 2.63. The molecular weight excluding hydrogens is 254 g/mol. The Balaban J connectivity index is 1.64. The number of imide groups is 1. The Morgan fingerprint density at radius 2 is 2.05 bits per heavy atom. The smallest absolute Gasteiger partial charge is 0.271 e. The number of carbonyl (C=O) groups is 2. The minimum Gasteiger partial charge on any atom is -0.271 e. The quantitative estimate of drug-likeness (QED) is 0.651. The van der Waals surface area contributed by atoms with Crippen LogP contribution in [-0.4, -0.2) is 33.4 Å².